The highest BCUT2D eigenvalue weighted by Crippen LogP contribution is 2.31. The average molecular weight is 277 g/mol. The van der Waals surface area contributed by atoms with E-state index in [1.54, 1.807) is 31.2 Å². The van der Waals surface area contributed by atoms with E-state index in [9.17, 15) is 13.5 Å². The molecule has 1 atom stereocenters. The largest absolute Gasteiger partial charge is 0.385 e. The number of aliphatic hydroxyl groups is 1. The zero-order chi connectivity index (χ0) is 13.1. The number of benzene rings is 1. The average Bonchev–Trinajstić information content (AvgIpc) is 2.15. The first kappa shape index (κ1) is 14.5. The van der Waals surface area contributed by atoms with Crippen molar-refractivity contribution in [2.24, 2.45) is 0 Å². The maximum absolute atomic E-state index is 11.0. The molecule has 0 fully saturated rings. The molecule has 1 aromatic rings. The van der Waals surface area contributed by atoms with Crippen LogP contribution in [0, 0.1) is 0 Å². The van der Waals surface area contributed by atoms with Gasteiger partial charge in [0.15, 0.2) is 0 Å². The maximum atomic E-state index is 11.0. The van der Waals surface area contributed by atoms with Crippen LogP contribution in [0.3, 0.4) is 0 Å². The maximum Gasteiger partial charge on any atom is 0.147 e. The summed E-state index contributed by atoms with van der Waals surface area (Å²) in [7, 11) is -2.98. The summed E-state index contributed by atoms with van der Waals surface area (Å²) >= 11 is 6.00. The molecule has 0 heterocycles. The molecule has 0 aliphatic rings. The van der Waals surface area contributed by atoms with Gasteiger partial charge >= 0.3 is 0 Å². The van der Waals surface area contributed by atoms with Crippen molar-refractivity contribution in [1.29, 1.82) is 0 Å². The van der Waals surface area contributed by atoms with Crippen LogP contribution in [0.25, 0.3) is 0 Å². The first-order chi connectivity index (χ1) is 7.72. The van der Waals surface area contributed by atoms with Crippen molar-refractivity contribution >= 4 is 21.4 Å². The first-order valence-electron chi connectivity index (χ1n) is 5.37. The van der Waals surface area contributed by atoms with Gasteiger partial charge in [-0.25, -0.2) is 8.42 Å². The highest BCUT2D eigenvalue weighted by molar-refractivity contribution is 7.90. The lowest BCUT2D eigenvalue weighted by Crippen LogP contribution is -2.22. The van der Waals surface area contributed by atoms with Crippen molar-refractivity contribution in [2.75, 3.05) is 12.0 Å². The van der Waals surface area contributed by atoms with Crippen molar-refractivity contribution in [3.8, 4) is 0 Å². The number of hydrogen-bond donors (Lipinski definition) is 1. The fourth-order valence-corrected chi connectivity index (χ4v) is 2.72. The third-order valence-corrected chi connectivity index (χ3v) is 3.99. The van der Waals surface area contributed by atoms with Crippen LogP contribution in [0.1, 0.15) is 25.3 Å². The van der Waals surface area contributed by atoms with Gasteiger partial charge in [-0.2, -0.15) is 0 Å². The van der Waals surface area contributed by atoms with Gasteiger partial charge < -0.3 is 5.11 Å². The van der Waals surface area contributed by atoms with Gasteiger partial charge in [0.25, 0.3) is 0 Å². The molecule has 1 aromatic carbocycles. The molecule has 1 rings (SSSR count). The van der Waals surface area contributed by atoms with Gasteiger partial charge in [-0.15, -0.1) is 0 Å². The van der Waals surface area contributed by atoms with E-state index in [0.717, 1.165) is 0 Å². The Hall–Kier alpha value is -0.580. The molecule has 0 aliphatic carbocycles. The van der Waals surface area contributed by atoms with Gasteiger partial charge in [0.1, 0.15) is 9.84 Å². The first-order valence-corrected chi connectivity index (χ1v) is 7.81. The second-order valence-corrected chi connectivity index (χ2v) is 7.15. The monoisotopic (exact) mass is 276 g/mol. The minimum atomic E-state index is -2.98. The summed E-state index contributed by atoms with van der Waals surface area (Å²) < 4.78 is 22.0. The number of halogens is 1. The summed E-state index contributed by atoms with van der Waals surface area (Å²) in [5.74, 6) is 0.0770. The molecule has 0 aliphatic heterocycles. The molecular formula is C12H17ClO3S. The van der Waals surface area contributed by atoms with Crippen LogP contribution in [-0.2, 0) is 15.4 Å². The predicted octanol–water partition coefficient (Wildman–Crippen LogP) is 2.37. The van der Waals surface area contributed by atoms with E-state index in [1.165, 1.54) is 6.26 Å². The molecule has 96 valence electrons. The molecule has 0 bridgehead atoms. The molecular weight excluding hydrogens is 260 g/mol. The summed E-state index contributed by atoms with van der Waals surface area (Å²) in [6, 6.07) is 7.05. The van der Waals surface area contributed by atoms with E-state index in [4.69, 9.17) is 11.6 Å². The van der Waals surface area contributed by atoms with Crippen LogP contribution in [0.2, 0.25) is 5.02 Å². The SMILES string of the molecule is CC(O)(CCCS(C)(=O)=O)c1ccccc1Cl. The van der Waals surface area contributed by atoms with E-state index in [0.29, 0.717) is 23.4 Å². The third kappa shape index (κ3) is 4.66. The Labute approximate surface area is 107 Å². The molecule has 1 unspecified atom stereocenters. The summed E-state index contributed by atoms with van der Waals surface area (Å²) in [4.78, 5) is 0. The molecule has 0 aromatic heterocycles. The molecule has 0 amide bonds. The van der Waals surface area contributed by atoms with Gasteiger partial charge in [0.2, 0.25) is 0 Å². The zero-order valence-electron chi connectivity index (χ0n) is 9.98. The molecule has 5 heteroatoms. The van der Waals surface area contributed by atoms with E-state index in [-0.39, 0.29) is 5.75 Å². The van der Waals surface area contributed by atoms with Crippen LogP contribution >= 0.6 is 11.6 Å². The predicted molar refractivity (Wildman–Crippen MR) is 70.0 cm³/mol. The van der Waals surface area contributed by atoms with E-state index >= 15 is 0 Å². The summed E-state index contributed by atoms with van der Waals surface area (Å²) in [5, 5.41) is 10.8. The van der Waals surface area contributed by atoms with Crippen LogP contribution in [0.5, 0.6) is 0 Å². The topological polar surface area (TPSA) is 54.4 Å². The molecule has 0 radical (unpaired) electrons. The van der Waals surface area contributed by atoms with Crippen LogP contribution < -0.4 is 0 Å². The summed E-state index contributed by atoms with van der Waals surface area (Å²) in [6.07, 6.45) is 1.97. The number of rotatable bonds is 5. The molecule has 3 nitrogen and oxygen atoms in total. The van der Waals surface area contributed by atoms with E-state index < -0.39 is 15.4 Å². The van der Waals surface area contributed by atoms with Crippen LogP contribution in [0.15, 0.2) is 24.3 Å². The van der Waals surface area contributed by atoms with E-state index in [2.05, 4.69) is 0 Å². The number of hydrogen-bond acceptors (Lipinski definition) is 3. The van der Waals surface area contributed by atoms with Gasteiger partial charge in [-0.1, -0.05) is 29.8 Å². The quantitative estimate of drug-likeness (QED) is 0.898. The lowest BCUT2D eigenvalue weighted by molar-refractivity contribution is 0.0473. The van der Waals surface area contributed by atoms with Crippen molar-refractivity contribution in [2.45, 2.75) is 25.4 Å². The lowest BCUT2D eigenvalue weighted by atomic mass is 9.91. The smallest absolute Gasteiger partial charge is 0.147 e. The fraction of sp³-hybridized carbons (Fsp3) is 0.500. The van der Waals surface area contributed by atoms with Gasteiger partial charge in [-0.05, 0) is 25.8 Å². The highest BCUT2D eigenvalue weighted by Gasteiger charge is 2.25. The lowest BCUT2D eigenvalue weighted by Gasteiger charge is -2.24. The standard InChI is InChI=1S/C12H17ClO3S/c1-12(14,8-5-9-17(2,15)16)10-6-3-4-7-11(10)13/h3-4,6-7,14H,5,8-9H2,1-2H3. The zero-order valence-corrected chi connectivity index (χ0v) is 11.6. The van der Waals surface area contributed by atoms with E-state index in [1.807, 2.05) is 0 Å². The Morgan fingerprint density at radius 3 is 2.47 bits per heavy atom. The molecule has 0 saturated carbocycles. The minimum Gasteiger partial charge on any atom is -0.385 e. The Kier molecular flexibility index (Phi) is 4.58. The normalized spacial score (nSPS) is 15.5. The van der Waals surface area contributed by atoms with Gasteiger partial charge in [0.05, 0.1) is 5.60 Å². The Bertz CT molecular complexity index is 480. The second-order valence-electron chi connectivity index (χ2n) is 4.49. The van der Waals surface area contributed by atoms with Gasteiger partial charge in [-0.3, -0.25) is 0 Å². The van der Waals surface area contributed by atoms with Crippen molar-refractivity contribution < 1.29 is 13.5 Å². The fourth-order valence-electron chi connectivity index (χ4n) is 1.71. The van der Waals surface area contributed by atoms with Crippen LogP contribution in [-0.4, -0.2) is 25.5 Å². The Morgan fingerprint density at radius 1 is 1.35 bits per heavy atom. The number of sulfone groups is 1. The van der Waals surface area contributed by atoms with Crippen LogP contribution in [0.4, 0.5) is 0 Å². The minimum absolute atomic E-state index is 0.0770. The molecule has 0 spiro atoms. The van der Waals surface area contributed by atoms with Crippen molar-refractivity contribution in [3.63, 3.8) is 0 Å². The molecule has 1 N–H and O–H groups in total. The molecule has 17 heavy (non-hydrogen) atoms. The van der Waals surface area contributed by atoms with Crippen molar-refractivity contribution in [1.82, 2.24) is 0 Å². The summed E-state index contributed by atoms with van der Waals surface area (Å²) in [6.45, 7) is 1.65. The van der Waals surface area contributed by atoms with Crippen molar-refractivity contribution in [3.05, 3.63) is 34.9 Å². The Balaban J connectivity index is 2.72. The third-order valence-electron chi connectivity index (χ3n) is 2.63. The van der Waals surface area contributed by atoms with Gasteiger partial charge in [0, 0.05) is 22.6 Å². The summed E-state index contributed by atoms with van der Waals surface area (Å²) in [5.41, 5.74) is -0.460. The second kappa shape index (κ2) is 5.38. The Morgan fingerprint density at radius 2 is 1.94 bits per heavy atom. The molecule has 0 saturated heterocycles. The highest BCUT2D eigenvalue weighted by atomic mass is 35.5.